The normalized spacial score (nSPS) is 10.8. The van der Waals surface area contributed by atoms with E-state index in [0.29, 0.717) is 21.3 Å². The number of rotatable bonds is 4. The number of aromatic carboxylic acids is 1. The number of carbonyl (C=O) groups is 1. The van der Waals surface area contributed by atoms with E-state index >= 15 is 0 Å². The molecule has 0 bridgehead atoms. The average Bonchev–Trinajstić information content (AvgIpc) is 3.05. The minimum atomic E-state index is -1.01. The number of aromatic nitrogens is 1. The molecule has 3 aromatic carbocycles. The van der Waals surface area contributed by atoms with Crippen molar-refractivity contribution in [2.24, 2.45) is 0 Å². The highest BCUT2D eigenvalue weighted by Crippen LogP contribution is 2.36. The minimum absolute atomic E-state index is 0.175. The number of carboxylic acids is 1. The van der Waals surface area contributed by atoms with Crippen LogP contribution in [0.3, 0.4) is 0 Å². The molecule has 4 aromatic rings. The van der Waals surface area contributed by atoms with E-state index in [9.17, 15) is 9.90 Å². The number of fused-ring (bicyclic) bond motifs is 1. The fourth-order valence-corrected chi connectivity index (χ4v) is 3.78. The second-order valence-corrected chi connectivity index (χ2v) is 7.03. The van der Waals surface area contributed by atoms with E-state index in [1.54, 1.807) is 12.1 Å². The Morgan fingerprint density at radius 2 is 1.81 bits per heavy atom. The Hall–Kier alpha value is -2.89. The van der Waals surface area contributed by atoms with Gasteiger partial charge in [0.15, 0.2) is 0 Å². The lowest BCUT2D eigenvalue weighted by molar-refractivity contribution is 0.0697. The van der Waals surface area contributed by atoms with Crippen molar-refractivity contribution in [1.29, 1.82) is 0 Å². The Morgan fingerprint density at radius 3 is 2.58 bits per heavy atom. The average molecular weight is 382 g/mol. The maximum atomic E-state index is 11.5. The van der Waals surface area contributed by atoms with Gasteiger partial charge in [0, 0.05) is 16.7 Å². The standard InChI is InChI=1S/C20H12ClNO3S/c21-12-6-8-15(20(23)24)16(10-12)19-22-17-9-7-14(11-18(17)26-19)25-13-4-2-1-3-5-13/h1-11H,(H,23,24). The number of halogens is 1. The van der Waals surface area contributed by atoms with Crippen LogP contribution in [0, 0.1) is 0 Å². The number of ether oxygens (including phenoxy) is 1. The first kappa shape index (κ1) is 16.6. The van der Waals surface area contributed by atoms with E-state index < -0.39 is 5.97 Å². The maximum absolute atomic E-state index is 11.5. The van der Waals surface area contributed by atoms with Gasteiger partial charge in [-0.3, -0.25) is 0 Å². The van der Waals surface area contributed by atoms with Crippen molar-refractivity contribution in [3.8, 4) is 22.1 Å². The first-order chi connectivity index (χ1) is 12.6. The molecule has 0 aliphatic carbocycles. The monoisotopic (exact) mass is 381 g/mol. The molecule has 0 radical (unpaired) electrons. The Bertz CT molecular complexity index is 1110. The van der Waals surface area contributed by atoms with Crippen LogP contribution in [0.5, 0.6) is 11.5 Å². The van der Waals surface area contributed by atoms with Gasteiger partial charge in [-0.25, -0.2) is 9.78 Å². The molecule has 0 fully saturated rings. The van der Waals surface area contributed by atoms with E-state index in [0.717, 1.165) is 16.0 Å². The first-order valence-corrected chi connectivity index (χ1v) is 8.96. The number of hydrogen-bond donors (Lipinski definition) is 1. The van der Waals surface area contributed by atoms with Gasteiger partial charge in [0.2, 0.25) is 0 Å². The third-order valence-corrected chi connectivity index (χ3v) is 5.07. The minimum Gasteiger partial charge on any atom is -0.478 e. The lowest BCUT2D eigenvalue weighted by Crippen LogP contribution is -1.99. The molecule has 0 saturated carbocycles. The topological polar surface area (TPSA) is 59.4 Å². The van der Waals surface area contributed by atoms with Crippen LogP contribution in [-0.4, -0.2) is 16.1 Å². The lowest BCUT2D eigenvalue weighted by Gasteiger charge is -2.04. The quantitative estimate of drug-likeness (QED) is 0.463. The largest absolute Gasteiger partial charge is 0.478 e. The zero-order chi connectivity index (χ0) is 18.1. The summed E-state index contributed by atoms with van der Waals surface area (Å²) in [6, 6.07) is 19.8. The number of carboxylic acid groups (broad SMARTS) is 1. The SMILES string of the molecule is O=C(O)c1ccc(Cl)cc1-c1nc2ccc(Oc3ccccc3)cc2s1. The van der Waals surface area contributed by atoms with Crippen LogP contribution in [0.25, 0.3) is 20.8 Å². The molecule has 1 heterocycles. The molecular weight excluding hydrogens is 370 g/mol. The number of benzene rings is 3. The molecule has 4 nitrogen and oxygen atoms in total. The molecule has 0 aliphatic rings. The summed E-state index contributed by atoms with van der Waals surface area (Å²) in [5, 5.41) is 10.5. The van der Waals surface area contributed by atoms with E-state index in [4.69, 9.17) is 16.3 Å². The highest BCUT2D eigenvalue weighted by Gasteiger charge is 2.16. The molecule has 0 amide bonds. The summed E-state index contributed by atoms with van der Waals surface area (Å²) in [7, 11) is 0. The smallest absolute Gasteiger partial charge is 0.336 e. The zero-order valence-corrected chi connectivity index (χ0v) is 14.9. The number of hydrogen-bond acceptors (Lipinski definition) is 4. The van der Waals surface area contributed by atoms with Gasteiger partial charge in [-0.05, 0) is 42.5 Å². The number of thiazole rings is 1. The van der Waals surface area contributed by atoms with Crippen molar-refractivity contribution < 1.29 is 14.6 Å². The highest BCUT2D eigenvalue weighted by atomic mass is 35.5. The van der Waals surface area contributed by atoms with Gasteiger partial charge in [-0.2, -0.15) is 0 Å². The van der Waals surface area contributed by atoms with Crippen molar-refractivity contribution in [2.45, 2.75) is 0 Å². The molecule has 26 heavy (non-hydrogen) atoms. The summed E-state index contributed by atoms with van der Waals surface area (Å²) in [5.41, 5.74) is 1.47. The lowest BCUT2D eigenvalue weighted by atomic mass is 10.1. The molecule has 0 unspecified atom stereocenters. The Morgan fingerprint density at radius 1 is 1.00 bits per heavy atom. The van der Waals surface area contributed by atoms with E-state index in [1.807, 2.05) is 48.5 Å². The highest BCUT2D eigenvalue weighted by molar-refractivity contribution is 7.21. The van der Waals surface area contributed by atoms with E-state index in [2.05, 4.69) is 4.98 Å². The second-order valence-electron chi connectivity index (χ2n) is 5.56. The van der Waals surface area contributed by atoms with E-state index in [-0.39, 0.29) is 5.56 Å². The second kappa shape index (κ2) is 6.78. The predicted octanol–water partition coefficient (Wildman–Crippen LogP) is 6.11. The molecule has 4 rings (SSSR count). The summed E-state index contributed by atoms with van der Waals surface area (Å²) in [6.07, 6.45) is 0. The van der Waals surface area contributed by atoms with Crippen LogP contribution in [0.1, 0.15) is 10.4 Å². The van der Waals surface area contributed by atoms with Crippen LogP contribution in [0.4, 0.5) is 0 Å². The molecule has 1 aromatic heterocycles. The summed E-state index contributed by atoms with van der Waals surface area (Å²) < 4.78 is 6.75. The molecule has 6 heteroatoms. The van der Waals surface area contributed by atoms with Crippen molar-refractivity contribution in [2.75, 3.05) is 0 Å². The van der Waals surface area contributed by atoms with Crippen LogP contribution in [0.15, 0.2) is 66.7 Å². The summed E-state index contributed by atoms with van der Waals surface area (Å²) in [4.78, 5) is 16.0. The summed E-state index contributed by atoms with van der Waals surface area (Å²) in [5.74, 6) is 0.437. The van der Waals surface area contributed by atoms with Crippen molar-refractivity contribution >= 4 is 39.1 Å². The van der Waals surface area contributed by atoms with Gasteiger partial charge in [-0.1, -0.05) is 29.8 Å². The first-order valence-electron chi connectivity index (χ1n) is 7.77. The van der Waals surface area contributed by atoms with Gasteiger partial charge >= 0.3 is 5.97 Å². The van der Waals surface area contributed by atoms with Gasteiger partial charge < -0.3 is 9.84 Å². The zero-order valence-electron chi connectivity index (χ0n) is 13.3. The molecule has 0 atom stereocenters. The predicted molar refractivity (Wildman–Crippen MR) is 104 cm³/mol. The third kappa shape index (κ3) is 3.27. The van der Waals surface area contributed by atoms with Crippen LogP contribution in [-0.2, 0) is 0 Å². The molecule has 0 spiro atoms. The van der Waals surface area contributed by atoms with Gasteiger partial charge in [0.1, 0.15) is 16.5 Å². The van der Waals surface area contributed by atoms with Crippen LogP contribution < -0.4 is 4.74 Å². The molecule has 128 valence electrons. The number of nitrogens with zero attached hydrogens (tertiary/aromatic N) is 1. The van der Waals surface area contributed by atoms with Crippen LogP contribution in [0.2, 0.25) is 5.02 Å². The molecule has 0 aliphatic heterocycles. The van der Waals surface area contributed by atoms with Crippen molar-refractivity contribution in [1.82, 2.24) is 4.98 Å². The third-order valence-electron chi connectivity index (χ3n) is 3.78. The fraction of sp³-hybridized carbons (Fsp3) is 0. The van der Waals surface area contributed by atoms with Crippen molar-refractivity contribution in [3.05, 3.63) is 77.3 Å². The molecule has 1 N–H and O–H groups in total. The Labute approximate surface area is 158 Å². The van der Waals surface area contributed by atoms with E-state index in [1.165, 1.54) is 17.4 Å². The van der Waals surface area contributed by atoms with Crippen molar-refractivity contribution in [3.63, 3.8) is 0 Å². The molecule has 0 saturated heterocycles. The Kier molecular flexibility index (Phi) is 4.32. The summed E-state index contributed by atoms with van der Waals surface area (Å²) in [6.45, 7) is 0. The molecular formula is C20H12ClNO3S. The Balaban J connectivity index is 1.75. The van der Waals surface area contributed by atoms with Gasteiger partial charge in [-0.15, -0.1) is 11.3 Å². The number of para-hydroxylation sites is 1. The van der Waals surface area contributed by atoms with Gasteiger partial charge in [0.25, 0.3) is 0 Å². The van der Waals surface area contributed by atoms with Crippen LogP contribution >= 0.6 is 22.9 Å². The van der Waals surface area contributed by atoms with Gasteiger partial charge in [0.05, 0.1) is 15.8 Å². The summed E-state index contributed by atoms with van der Waals surface area (Å²) >= 11 is 7.45. The fourth-order valence-electron chi connectivity index (χ4n) is 2.59. The maximum Gasteiger partial charge on any atom is 0.336 e.